The topological polar surface area (TPSA) is 101 Å². The van der Waals surface area contributed by atoms with Crippen LogP contribution in [0.15, 0.2) is 48.8 Å². The molecule has 0 atom stereocenters. The zero-order valence-corrected chi connectivity index (χ0v) is 16.5. The standard InChI is InChI=1S/C21H23FN4O4/c1-25(10-11-27)9-7-17-13-24-26(19-12-16(21(28)29)6-8-23-19)20(17)30-14-15-2-4-18(22)5-3-15/h2-6,8,12-13,27H,7,9-11,14H2,1H3,(H,28,29). The van der Waals surface area contributed by atoms with Gasteiger partial charge in [0.15, 0.2) is 5.82 Å². The Balaban J connectivity index is 1.88. The second-order valence-corrected chi connectivity index (χ2v) is 6.79. The predicted octanol–water partition coefficient (Wildman–Crippen LogP) is 2.15. The molecular weight excluding hydrogens is 391 g/mol. The van der Waals surface area contributed by atoms with E-state index in [0.29, 0.717) is 31.2 Å². The molecule has 0 aliphatic rings. The summed E-state index contributed by atoms with van der Waals surface area (Å²) in [6.07, 6.45) is 3.66. The zero-order valence-electron chi connectivity index (χ0n) is 16.5. The molecule has 0 bridgehead atoms. The minimum Gasteiger partial charge on any atom is -0.478 e. The molecule has 0 radical (unpaired) electrons. The number of halogens is 1. The van der Waals surface area contributed by atoms with Gasteiger partial charge in [0.05, 0.1) is 18.4 Å². The number of aliphatic hydroxyl groups excluding tert-OH is 1. The van der Waals surface area contributed by atoms with Gasteiger partial charge in [0.25, 0.3) is 0 Å². The molecule has 8 nitrogen and oxygen atoms in total. The molecule has 0 spiro atoms. The molecule has 158 valence electrons. The lowest BCUT2D eigenvalue weighted by atomic mass is 10.2. The van der Waals surface area contributed by atoms with Crippen LogP contribution in [0.3, 0.4) is 0 Å². The fourth-order valence-corrected chi connectivity index (χ4v) is 2.85. The van der Waals surface area contributed by atoms with Crippen molar-refractivity contribution in [2.24, 2.45) is 0 Å². The van der Waals surface area contributed by atoms with Crippen molar-refractivity contribution in [3.8, 4) is 11.7 Å². The Bertz CT molecular complexity index is 991. The van der Waals surface area contributed by atoms with Crippen LogP contribution < -0.4 is 4.74 Å². The fourth-order valence-electron chi connectivity index (χ4n) is 2.85. The van der Waals surface area contributed by atoms with E-state index in [4.69, 9.17) is 9.84 Å². The summed E-state index contributed by atoms with van der Waals surface area (Å²) in [6.45, 7) is 1.46. The van der Waals surface area contributed by atoms with E-state index in [0.717, 1.165) is 11.1 Å². The normalized spacial score (nSPS) is 11.1. The number of nitrogens with zero attached hydrogens (tertiary/aromatic N) is 4. The Hall–Kier alpha value is -3.30. The largest absolute Gasteiger partial charge is 0.478 e. The Morgan fingerprint density at radius 3 is 2.70 bits per heavy atom. The van der Waals surface area contributed by atoms with E-state index >= 15 is 0 Å². The molecular formula is C21H23FN4O4. The first-order valence-electron chi connectivity index (χ1n) is 9.41. The second kappa shape index (κ2) is 9.95. The highest BCUT2D eigenvalue weighted by atomic mass is 19.1. The van der Waals surface area contributed by atoms with E-state index in [1.807, 2.05) is 11.9 Å². The van der Waals surface area contributed by atoms with Gasteiger partial charge in [-0.25, -0.2) is 14.2 Å². The number of likely N-dealkylation sites (N-methyl/N-ethyl adjacent to an activating group) is 1. The van der Waals surface area contributed by atoms with Gasteiger partial charge in [-0.2, -0.15) is 9.78 Å². The van der Waals surface area contributed by atoms with Crippen LogP contribution in [0.2, 0.25) is 0 Å². The van der Waals surface area contributed by atoms with Gasteiger partial charge in [0, 0.05) is 24.8 Å². The van der Waals surface area contributed by atoms with Gasteiger partial charge >= 0.3 is 5.97 Å². The lowest BCUT2D eigenvalue weighted by Crippen LogP contribution is -2.24. The third-order valence-electron chi connectivity index (χ3n) is 4.54. The lowest BCUT2D eigenvalue weighted by molar-refractivity contribution is 0.0696. The third-order valence-corrected chi connectivity index (χ3v) is 4.54. The molecule has 0 amide bonds. The maximum absolute atomic E-state index is 13.2. The van der Waals surface area contributed by atoms with E-state index in [9.17, 15) is 14.3 Å². The number of carboxylic acids is 1. The molecule has 0 aliphatic carbocycles. The van der Waals surface area contributed by atoms with Gasteiger partial charge in [0.1, 0.15) is 12.4 Å². The van der Waals surface area contributed by atoms with Crippen molar-refractivity contribution in [1.29, 1.82) is 0 Å². The Kier molecular flexibility index (Phi) is 7.10. The van der Waals surface area contributed by atoms with Gasteiger partial charge in [0.2, 0.25) is 5.88 Å². The first-order valence-corrected chi connectivity index (χ1v) is 9.41. The number of pyridine rings is 1. The Morgan fingerprint density at radius 1 is 1.23 bits per heavy atom. The number of aromatic carboxylic acids is 1. The summed E-state index contributed by atoms with van der Waals surface area (Å²) in [6, 6.07) is 8.81. The van der Waals surface area contributed by atoms with Gasteiger partial charge in [-0.1, -0.05) is 12.1 Å². The molecule has 1 aromatic carbocycles. The number of carbonyl (C=O) groups is 1. The maximum Gasteiger partial charge on any atom is 0.335 e. The van der Waals surface area contributed by atoms with Gasteiger partial charge in [-0.15, -0.1) is 0 Å². The Morgan fingerprint density at radius 2 is 2.00 bits per heavy atom. The number of hydrogen-bond acceptors (Lipinski definition) is 6. The van der Waals surface area contributed by atoms with Crippen molar-refractivity contribution in [3.63, 3.8) is 0 Å². The number of benzene rings is 1. The minimum atomic E-state index is -1.06. The molecule has 0 saturated carbocycles. The highest BCUT2D eigenvalue weighted by Gasteiger charge is 2.17. The summed E-state index contributed by atoms with van der Waals surface area (Å²) in [7, 11) is 1.90. The van der Waals surface area contributed by atoms with E-state index in [1.165, 1.54) is 35.1 Å². The monoisotopic (exact) mass is 414 g/mol. The maximum atomic E-state index is 13.2. The number of hydrogen-bond donors (Lipinski definition) is 2. The van der Waals surface area contributed by atoms with Crippen molar-refractivity contribution in [2.75, 3.05) is 26.7 Å². The fraction of sp³-hybridized carbons (Fsp3) is 0.286. The summed E-state index contributed by atoms with van der Waals surface area (Å²) < 4.78 is 20.6. The van der Waals surface area contributed by atoms with Crippen molar-refractivity contribution >= 4 is 5.97 Å². The van der Waals surface area contributed by atoms with Crippen molar-refractivity contribution in [2.45, 2.75) is 13.0 Å². The molecule has 0 aliphatic heterocycles. The van der Waals surface area contributed by atoms with Crippen LogP contribution in [-0.2, 0) is 13.0 Å². The van der Waals surface area contributed by atoms with Crippen LogP contribution in [-0.4, -0.2) is 62.6 Å². The number of aromatic nitrogens is 3. The average Bonchev–Trinajstić information content (AvgIpc) is 3.15. The highest BCUT2D eigenvalue weighted by molar-refractivity contribution is 5.87. The zero-order chi connectivity index (χ0) is 21.5. The van der Waals surface area contributed by atoms with Crippen molar-refractivity contribution < 1.29 is 24.1 Å². The molecule has 0 saturated heterocycles. The second-order valence-electron chi connectivity index (χ2n) is 6.79. The summed E-state index contributed by atoms with van der Waals surface area (Å²) >= 11 is 0. The molecule has 2 N–H and O–H groups in total. The van der Waals surface area contributed by atoms with Crippen molar-refractivity contribution in [1.82, 2.24) is 19.7 Å². The number of carboxylic acid groups (broad SMARTS) is 1. The molecule has 3 aromatic rings. The number of aliphatic hydroxyl groups is 1. The summed E-state index contributed by atoms with van der Waals surface area (Å²) in [5.74, 6) is -0.637. The summed E-state index contributed by atoms with van der Waals surface area (Å²) in [5.41, 5.74) is 1.67. The van der Waals surface area contributed by atoms with E-state index in [-0.39, 0.29) is 24.6 Å². The molecule has 0 fully saturated rings. The van der Waals surface area contributed by atoms with Gasteiger partial charge < -0.3 is 19.8 Å². The number of ether oxygens (including phenoxy) is 1. The smallest absolute Gasteiger partial charge is 0.335 e. The van der Waals surface area contributed by atoms with E-state index in [2.05, 4.69) is 10.1 Å². The van der Waals surface area contributed by atoms with Crippen LogP contribution in [0.25, 0.3) is 5.82 Å². The first-order chi connectivity index (χ1) is 14.5. The van der Waals surface area contributed by atoms with Crippen LogP contribution >= 0.6 is 0 Å². The Labute approximate surface area is 173 Å². The van der Waals surface area contributed by atoms with Crippen LogP contribution in [0.1, 0.15) is 21.5 Å². The van der Waals surface area contributed by atoms with Crippen LogP contribution in [0.5, 0.6) is 5.88 Å². The van der Waals surface area contributed by atoms with Gasteiger partial charge in [-0.3, -0.25) is 0 Å². The van der Waals surface area contributed by atoms with E-state index < -0.39 is 5.97 Å². The van der Waals surface area contributed by atoms with E-state index in [1.54, 1.807) is 18.3 Å². The molecule has 2 aromatic heterocycles. The van der Waals surface area contributed by atoms with Crippen LogP contribution in [0, 0.1) is 5.82 Å². The molecule has 30 heavy (non-hydrogen) atoms. The third kappa shape index (κ3) is 5.40. The highest BCUT2D eigenvalue weighted by Crippen LogP contribution is 2.24. The quantitative estimate of drug-likeness (QED) is 0.524. The number of rotatable bonds is 10. The van der Waals surface area contributed by atoms with Crippen LogP contribution in [0.4, 0.5) is 4.39 Å². The average molecular weight is 414 g/mol. The molecule has 9 heteroatoms. The first kappa shape index (κ1) is 21.4. The summed E-state index contributed by atoms with van der Waals surface area (Å²) in [5, 5.41) is 22.7. The van der Waals surface area contributed by atoms with Crippen molar-refractivity contribution in [3.05, 3.63) is 71.3 Å². The minimum absolute atomic E-state index is 0.0651. The molecule has 2 heterocycles. The molecule has 3 rings (SSSR count). The molecule has 0 unspecified atom stereocenters. The summed E-state index contributed by atoms with van der Waals surface area (Å²) in [4.78, 5) is 17.5. The SMILES string of the molecule is CN(CCO)CCc1cnn(-c2cc(C(=O)O)ccn2)c1OCc1ccc(F)cc1. The predicted molar refractivity (Wildman–Crippen MR) is 107 cm³/mol. The lowest BCUT2D eigenvalue weighted by Gasteiger charge is -2.15. The van der Waals surface area contributed by atoms with Gasteiger partial charge in [-0.05, 0) is 43.3 Å².